The van der Waals surface area contributed by atoms with Gasteiger partial charge in [0.2, 0.25) is 0 Å². The lowest BCUT2D eigenvalue weighted by molar-refractivity contribution is -0.321. The largest absolute Gasteiger partial charge is 0.481 e. The van der Waals surface area contributed by atoms with E-state index >= 15 is 0 Å². The maximum absolute atomic E-state index is 13.8. The monoisotopic (exact) mass is 597 g/mol. The Morgan fingerprint density at radius 1 is 0.667 bits per heavy atom. The van der Waals surface area contributed by atoms with Crippen molar-refractivity contribution in [2.75, 3.05) is 26.3 Å². The molecule has 0 bridgehead atoms. The first-order valence-electron chi connectivity index (χ1n) is 17.5. The van der Waals surface area contributed by atoms with Crippen molar-refractivity contribution in [2.24, 2.45) is 10.8 Å². The Labute approximate surface area is 258 Å². The van der Waals surface area contributed by atoms with E-state index in [9.17, 15) is 9.59 Å². The number of carboxylic acids is 1. The second kappa shape index (κ2) is 21.5. The fraction of sp³-hybridized carbons (Fsp3) is 0.943. The van der Waals surface area contributed by atoms with Crippen LogP contribution < -0.4 is 0 Å². The number of nitrogens with zero attached hydrogens (tertiary/aromatic N) is 1. The van der Waals surface area contributed by atoms with Gasteiger partial charge in [0.05, 0.1) is 18.6 Å². The van der Waals surface area contributed by atoms with Crippen molar-refractivity contribution >= 4 is 11.9 Å². The molecule has 1 saturated heterocycles. The van der Waals surface area contributed by atoms with E-state index in [1.807, 2.05) is 18.9 Å². The molecule has 0 radical (unpaired) electrons. The van der Waals surface area contributed by atoms with Crippen LogP contribution in [-0.2, 0) is 23.9 Å². The first-order chi connectivity index (χ1) is 20.0. The third kappa shape index (κ3) is 13.6. The van der Waals surface area contributed by atoms with Gasteiger partial charge in [0.1, 0.15) is 0 Å². The molecule has 1 fully saturated rings. The molecule has 0 aromatic heterocycles. The number of rotatable bonds is 26. The average Bonchev–Trinajstić information content (AvgIpc) is 2.95. The van der Waals surface area contributed by atoms with Crippen LogP contribution >= 0.6 is 0 Å². The zero-order valence-electron chi connectivity index (χ0n) is 28.4. The second-order valence-corrected chi connectivity index (χ2v) is 13.6. The Hall–Kier alpha value is -1.18. The van der Waals surface area contributed by atoms with E-state index in [0.29, 0.717) is 26.1 Å². The van der Waals surface area contributed by atoms with Gasteiger partial charge in [-0.3, -0.25) is 4.79 Å². The lowest BCUT2D eigenvalue weighted by atomic mass is 9.61. The highest BCUT2D eigenvalue weighted by Gasteiger charge is 2.59. The highest BCUT2D eigenvalue weighted by atomic mass is 16.7. The Balaban J connectivity index is 3.14. The van der Waals surface area contributed by atoms with E-state index in [1.165, 1.54) is 57.8 Å². The molecule has 1 N–H and O–H groups in total. The van der Waals surface area contributed by atoms with Crippen molar-refractivity contribution in [3.05, 3.63) is 0 Å². The van der Waals surface area contributed by atoms with Gasteiger partial charge in [-0.1, -0.05) is 105 Å². The van der Waals surface area contributed by atoms with E-state index < -0.39 is 22.6 Å². The summed E-state index contributed by atoms with van der Waals surface area (Å²) >= 11 is 0. The summed E-state index contributed by atoms with van der Waals surface area (Å²) in [6, 6.07) is 0. The van der Waals surface area contributed by atoms with Crippen LogP contribution in [0.5, 0.6) is 0 Å². The van der Waals surface area contributed by atoms with Crippen LogP contribution in [0, 0.1) is 10.8 Å². The normalized spacial score (nSPS) is 15.2. The Morgan fingerprint density at radius 2 is 1.14 bits per heavy atom. The van der Waals surface area contributed by atoms with E-state index in [0.717, 1.165) is 64.5 Å². The van der Waals surface area contributed by atoms with Gasteiger partial charge in [-0.2, -0.15) is 0 Å². The third-order valence-corrected chi connectivity index (χ3v) is 9.61. The van der Waals surface area contributed by atoms with Crippen LogP contribution in [-0.4, -0.2) is 54.2 Å². The zero-order valence-corrected chi connectivity index (χ0v) is 28.4. The average molecular weight is 598 g/mol. The predicted octanol–water partition coefficient (Wildman–Crippen LogP) is 9.47. The van der Waals surface area contributed by atoms with Gasteiger partial charge in [-0.25, -0.2) is 4.79 Å². The van der Waals surface area contributed by atoms with E-state index in [2.05, 4.69) is 27.7 Å². The number of hydrogen-bond acceptors (Lipinski definition) is 6. The molecule has 0 aromatic rings. The summed E-state index contributed by atoms with van der Waals surface area (Å²) in [5.74, 6) is -1.98. The van der Waals surface area contributed by atoms with Crippen molar-refractivity contribution in [3.8, 4) is 0 Å². The fourth-order valence-corrected chi connectivity index (χ4v) is 5.83. The minimum absolute atomic E-state index is 0.168. The number of piperidine rings is 1. The molecule has 7 heteroatoms. The maximum atomic E-state index is 13.8. The number of unbranched alkanes of at least 4 members (excludes halogenated alkanes) is 12. The summed E-state index contributed by atoms with van der Waals surface area (Å²) in [4.78, 5) is 30.9. The minimum atomic E-state index is -0.979. The van der Waals surface area contributed by atoms with Crippen LogP contribution in [0.3, 0.4) is 0 Å². The topological polar surface area (TPSA) is 85.3 Å². The maximum Gasteiger partial charge on any atom is 0.331 e. The highest BCUT2D eigenvalue weighted by molar-refractivity contribution is 5.77. The van der Waals surface area contributed by atoms with Crippen LogP contribution in [0.25, 0.3) is 0 Å². The molecule has 0 saturated carbocycles. The summed E-state index contributed by atoms with van der Waals surface area (Å²) in [6.45, 7) is 15.3. The van der Waals surface area contributed by atoms with Gasteiger partial charge in [-0.05, 0) is 52.4 Å². The molecule has 0 unspecified atom stereocenters. The number of carboxylic acid groups (broad SMARTS) is 1. The number of hydrogen-bond donors (Lipinski definition) is 1. The summed E-state index contributed by atoms with van der Waals surface area (Å²) in [5, 5.41) is 11.0. The van der Waals surface area contributed by atoms with Gasteiger partial charge in [0, 0.05) is 31.3 Å². The second-order valence-electron chi connectivity index (χ2n) is 13.6. The standard InChI is InChI=1S/C35H67NO6/c1-7-9-11-13-15-23-29-40-35(26-20-17-19-25-31(37)38,41-30-24-16-14-12-10-8-2)34(5,6)33(3,4)32(39)42-36-27-21-18-22-28-36/h7-30H2,1-6H3,(H,37,38). The van der Waals surface area contributed by atoms with Crippen molar-refractivity contribution < 1.29 is 29.0 Å². The van der Waals surface area contributed by atoms with Gasteiger partial charge in [-0.15, -0.1) is 5.06 Å². The molecule has 0 atom stereocenters. The van der Waals surface area contributed by atoms with Crippen LogP contribution in [0.15, 0.2) is 0 Å². The lowest BCUT2D eigenvalue weighted by Crippen LogP contribution is -2.59. The van der Waals surface area contributed by atoms with Crippen LogP contribution in [0.1, 0.15) is 170 Å². The van der Waals surface area contributed by atoms with Crippen molar-refractivity contribution in [1.29, 1.82) is 0 Å². The summed E-state index contributed by atoms with van der Waals surface area (Å²) in [7, 11) is 0. The molecule has 0 spiro atoms. The molecule has 1 aliphatic rings. The summed E-state index contributed by atoms with van der Waals surface area (Å²) in [6.07, 6.45) is 20.3. The van der Waals surface area contributed by atoms with Gasteiger partial charge >= 0.3 is 11.9 Å². The number of aliphatic carboxylic acids is 1. The third-order valence-electron chi connectivity index (χ3n) is 9.61. The molecular weight excluding hydrogens is 530 g/mol. The number of ether oxygens (including phenoxy) is 2. The van der Waals surface area contributed by atoms with Gasteiger partial charge in [0.25, 0.3) is 0 Å². The van der Waals surface area contributed by atoms with E-state index in [4.69, 9.17) is 19.4 Å². The Bertz CT molecular complexity index is 698. The quantitative estimate of drug-likeness (QED) is 0.0785. The first kappa shape index (κ1) is 38.8. The number of carbonyl (C=O) groups excluding carboxylic acids is 1. The minimum Gasteiger partial charge on any atom is -0.481 e. The molecular formula is C35H67NO6. The van der Waals surface area contributed by atoms with Crippen molar-refractivity contribution in [1.82, 2.24) is 5.06 Å². The molecule has 1 heterocycles. The molecule has 42 heavy (non-hydrogen) atoms. The Kier molecular flexibility index (Phi) is 19.9. The molecule has 0 amide bonds. The first-order valence-corrected chi connectivity index (χ1v) is 17.5. The molecule has 0 aromatic carbocycles. The summed E-state index contributed by atoms with van der Waals surface area (Å²) < 4.78 is 13.7. The fourth-order valence-electron chi connectivity index (χ4n) is 5.83. The van der Waals surface area contributed by atoms with Crippen LogP contribution in [0.4, 0.5) is 0 Å². The van der Waals surface area contributed by atoms with Crippen LogP contribution in [0.2, 0.25) is 0 Å². The molecule has 1 rings (SSSR count). The zero-order chi connectivity index (χ0) is 31.3. The molecule has 7 nitrogen and oxygen atoms in total. The predicted molar refractivity (Wildman–Crippen MR) is 171 cm³/mol. The Morgan fingerprint density at radius 3 is 1.64 bits per heavy atom. The van der Waals surface area contributed by atoms with Gasteiger partial charge in [0.15, 0.2) is 5.79 Å². The molecule has 0 aliphatic carbocycles. The smallest absolute Gasteiger partial charge is 0.331 e. The van der Waals surface area contributed by atoms with Gasteiger partial charge < -0.3 is 19.4 Å². The molecule has 1 aliphatic heterocycles. The molecule has 248 valence electrons. The number of hydroxylamine groups is 2. The van der Waals surface area contributed by atoms with E-state index in [-0.39, 0.29) is 12.4 Å². The summed E-state index contributed by atoms with van der Waals surface area (Å²) in [5.41, 5.74) is -1.59. The van der Waals surface area contributed by atoms with Crippen molar-refractivity contribution in [2.45, 2.75) is 176 Å². The number of carbonyl (C=O) groups is 2. The highest BCUT2D eigenvalue weighted by Crippen LogP contribution is 2.52. The lowest BCUT2D eigenvalue weighted by Gasteiger charge is -2.53. The van der Waals surface area contributed by atoms with E-state index in [1.54, 1.807) is 0 Å². The van der Waals surface area contributed by atoms with Crippen molar-refractivity contribution in [3.63, 3.8) is 0 Å². The SMILES string of the molecule is CCCCCCCCOC(CCCCCC(=O)O)(OCCCCCCCC)C(C)(C)C(C)(C)C(=O)ON1CCCCC1.